The number of H-pyrrole nitrogens is 2. The Hall–Kier alpha value is -1.46. The van der Waals surface area contributed by atoms with Crippen LogP contribution in [-0.2, 0) is 6.42 Å². The average molecular weight is 356 g/mol. The topological polar surface area (TPSA) is 61.8 Å². The molecule has 104 valence electrons. The number of aromatic nitrogens is 2. The summed E-state index contributed by atoms with van der Waals surface area (Å²) in [5, 5.41) is -0.410. The monoisotopic (exact) mass is 354 g/mol. The molecule has 2 heterocycles. The summed E-state index contributed by atoms with van der Waals surface area (Å²) in [6.07, 6.45) is 0.828. The maximum atomic E-state index is 11.3. The summed E-state index contributed by atoms with van der Waals surface area (Å²) in [6.45, 7) is 2.03. The first-order chi connectivity index (χ1) is 9.58. The van der Waals surface area contributed by atoms with Gasteiger partial charge in [-0.1, -0.05) is 22.9 Å². The van der Waals surface area contributed by atoms with Gasteiger partial charge in [-0.25, -0.2) is 4.79 Å². The van der Waals surface area contributed by atoms with E-state index in [1.165, 1.54) is 0 Å². The number of hydrogen-bond donors (Lipinski definition) is 2. The number of fused-ring (bicyclic) bond motifs is 1. The summed E-state index contributed by atoms with van der Waals surface area (Å²) in [4.78, 5) is 16.8. The number of halogens is 2. The van der Waals surface area contributed by atoms with Gasteiger partial charge in [-0.05, 0) is 29.8 Å². The molecule has 6 heteroatoms. The van der Waals surface area contributed by atoms with Crippen molar-refractivity contribution in [1.29, 1.82) is 0 Å². The van der Waals surface area contributed by atoms with Crippen molar-refractivity contribution in [2.75, 3.05) is 0 Å². The molecule has 0 aliphatic rings. The van der Waals surface area contributed by atoms with E-state index in [1.807, 2.05) is 31.2 Å². The molecule has 0 radical (unpaired) electrons. The van der Waals surface area contributed by atoms with Crippen molar-refractivity contribution < 1.29 is 4.42 Å². The number of alkyl halides is 1. The number of furan rings is 1. The van der Waals surface area contributed by atoms with E-state index in [-0.39, 0.29) is 5.69 Å². The van der Waals surface area contributed by atoms with E-state index in [2.05, 4.69) is 25.9 Å². The Morgan fingerprint density at radius 1 is 1.30 bits per heavy atom. The number of aromatic amines is 2. The fourth-order valence-electron chi connectivity index (χ4n) is 2.14. The lowest BCUT2D eigenvalue weighted by atomic mass is 10.1. The zero-order valence-corrected chi connectivity index (χ0v) is 13.0. The van der Waals surface area contributed by atoms with E-state index >= 15 is 0 Å². The normalized spacial score (nSPS) is 12.9. The molecule has 0 aliphatic carbocycles. The summed E-state index contributed by atoms with van der Waals surface area (Å²) in [5.74, 6) is 1.60. The molecule has 1 aromatic carbocycles. The smallest absolute Gasteiger partial charge is 0.323 e. The second-order valence-corrected chi connectivity index (χ2v) is 5.81. The molecule has 2 N–H and O–H groups in total. The molecule has 0 bridgehead atoms. The Morgan fingerprint density at radius 3 is 2.65 bits per heavy atom. The van der Waals surface area contributed by atoms with Crippen LogP contribution in [0.4, 0.5) is 0 Å². The van der Waals surface area contributed by atoms with Crippen molar-refractivity contribution in [3.05, 3.63) is 56.3 Å². The van der Waals surface area contributed by atoms with E-state index in [4.69, 9.17) is 16.0 Å². The van der Waals surface area contributed by atoms with Crippen LogP contribution in [0.3, 0.4) is 0 Å². The fourth-order valence-corrected chi connectivity index (χ4v) is 3.14. The van der Waals surface area contributed by atoms with Crippen molar-refractivity contribution in [3.8, 4) is 0 Å². The van der Waals surface area contributed by atoms with Crippen LogP contribution in [0.1, 0.15) is 29.4 Å². The lowest BCUT2D eigenvalue weighted by Gasteiger charge is -2.09. The molecule has 0 saturated carbocycles. The Morgan fingerprint density at radius 2 is 2.00 bits per heavy atom. The quantitative estimate of drug-likeness (QED) is 0.695. The summed E-state index contributed by atoms with van der Waals surface area (Å²) >= 11 is 9.97. The SMILES string of the molecule is CCc1ccc(C(Cl)c2cc3[nH]c(=O)[nH]c3cc2Br)o1. The molecule has 0 spiro atoms. The van der Waals surface area contributed by atoms with Gasteiger partial charge in [0.2, 0.25) is 0 Å². The molecule has 1 atom stereocenters. The van der Waals surface area contributed by atoms with E-state index in [0.717, 1.165) is 33.3 Å². The first kappa shape index (κ1) is 13.5. The van der Waals surface area contributed by atoms with Gasteiger partial charge in [0.15, 0.2) is 0 Å². The third kappa shape index (κ3) is 2.31. The van der Waals surface area contributed by atoms with Crippen molar-refractivity contribution in [1.82, 2.24) is 9.97 Å². The zero-order valence-electron chi connectivity index (χ0n) is 10.7. The average Bonchev–Trinajstić information content (AvgIpc) is 3.02. The van der Waals surface area contributed by atoms with Gasteiger partial charge >= 0.3 is 5.69 Å². The summed E-state index contributed by atoms with van der Waals surface area (Å²) in [6, 6.07) is 7.49. The predicted octanol–water partition coefficient (Wildman–Crippen LogP) is 4.10. The van der Waals surface area contributed by atoms with Crippen LogP contribution < -0.4 is 5.69 Å². The molecule has 0 amide bonds. The standard InChI is InChI=1S/C14H12BrClN2O2/c1-2-7-3-4-12(20-7)13(16)8-5-10-11(6-9(8)15)18-14(19)17-10/h3-6,13H,2H2,1H3,(H2,17,18,19). The highest BCUT2D eigenvalue weighted by Gasteiger charge is 2.19. The molecule has 0 aliphatic heterocycles. The highest BCUT2D eigenvalue weighted by Crippen LogP contribution is 2.36. The number of benzene rings is 1. The van der Waals surface area contributed by atoms with Gasteiger partial charge < -0.3 is 14.4 Å². The Balaban J connectivity index is 2.07. The van der Waals surface area contributed by atoms with Crippen LogP contribution in [0, 0.1) is 0 Å². The van der Waals surface area contributed by atoms with E-state index < -0.39 is 5.38 Å². The van der Waals surface area contributed by atoms with Gasteiger partial charge in [0, 0.05) is 10.9 Å². The predicted molar refractivity (Wildman–Crippen MR) is 82.4 cm³/mol. The van der Waals surface area contributed by atoms with Crippen LogP contribution >= 0.6 is 27.5 Å². The maximum Gasteiger partial charge on any atom is 0.323 e. The van der Waals surface area contributed by atoms with Gasteiger partial charge in [-0.3, -0.25) is 0 Å². The fraction of sp³-hybridized carbons (Fsp3) is 0.214. The number of aryl methyl sites for hydroxylation is 1. The first-order valence-electron chi connectivity index (χ1n) is 6.22. The van der Waals surface area contributed by atoms with Gasteiger partial charge in [0.05, 0.1) is 11.0 Å². The summed E-state index contributed by atoms with van der Waals surface area (Å²) < 4.78 is 6.52. The van der Waals surface area contributed by atoms with Crippen molar-refractivity contribution in [3.63, 3.8) is 0 Å². The lowest BCUT2D eigenvalue weighted by Crippen LogP contribution is -1.99. The minimum Gasteiger partial charge on any atom is -0.464 e. The van der Waals surface area contributed by atoms with E-state index in [1.54, 1.807) is 0 Å². The van der Waals surface area contributed by atoms with Crippen molar-refractivity contribution in [2.45, 2.75) is 18.7 Å². The third-order valence-electron chi connectivity index (χ3n) is 3.19. The maximum absolute atomic E-state index is 11.3. The third-order valence-corrected chi connectivity index (χ3v) is 4.32. The molecule has 1 unspecified atom stereocenters. The molecular formula is C14H12BrClN2O2. The summed E-state index contributed by atoms with van der Waals surface area (Å²) in [5.41, 5.74) is 2.08. The highest BCUT2D eigenvalue weighted by atomic mass is 79.9. The zero-order chi connectivity index (χ0) is 14.3. The van der Waals surface area contributed by atoms with Crippen LogP contribution in [0.2, 0.25) is 0 Å². The van der Waals surface area contributed by atoms with Crippen molar-refractivity contribution >= 4 is 38.6 Å². The molecule has 3 aromatic rings. The number of hydrogen-bond acceptors (Lipinski definition) is 2. The molecule has 4 nitrogen and oxygen atoms in total. The number of nitrogens with one attached hydrogen (secondary N) is 2. The largest absolute Gasteiger partial charge is 0.464 e. The van der Waals surface area contributed by atoms with Gasteiger partial charge in [0.1, 0.15) is 16.9 Å². The lowest BCUT2D eigenvalue weighted by molar-refractivity contribution is 0.474. The van der Waals surface area contributed by atoms with Gasteiger partial charge in [0.25, 0.3) is 0 Å². The minimum atomic E-state index is -0.410. The van der Waals surface area contributed by atoms with E-state index in [0.29, 0.717) is 5.76 Å². The van der Waals surface area contributed by atoms with Crippen LogP contribution in [-0.4, -0.2) is 9.97 Å². The number of rotatable bonds is 3. The highest BCUT2D eigenvalue weighted by molar-refractivity contribution is 9.10. The second-order valence-electron chi connectivity index (χ2n) is 4.52. The molecule has 20 heavy (non-hydrogen) atoms. The Kier molecular flexibility index (Phi) is 3.48. The van der Waals surface area contributed by atoms with Gasteiger partial charge in [-0.15, -0.1) is 11.6 Å². The molecule has 0 saturated heterocycles. The second kappa shape index (κ2) is 5.14. The summed E-state index contributed by atoms with van der Waals surface area (Å²) in [7, 11) is 0. The van der Waals surface area contributed by atoms with Crippen LogP contribution in [0.25, 0.3) is 11.0 Å². The molecule has 2 aromatic heterocycles. The Bertz CT molecular complexity index is 818. The van der Waals surface area contributed by atoms with Crippen LogP contribution in [0.15, 0.2) is 37.9 Å². The molecule has 0 fully saturated rings. The minimum absolute atomic E-state index is 0.235. The Labute approximate surface area is 128 Å². The molecular weight excluding hydrogens is 344 g/mol. The van der Waals surface area contributed by atoms with Gasteiger partial charge in [-0.2, -0.15) is 0 Å². The molecule has 3 rings (SSSR count). The first-order valence-corrected chi connectivity index (χ1v) is 7.45. The number of imidazole rings is 1. The van der Waals surface area contributed by atoms with Crippen LogP contribution in [0.5, 0.6) is 0 Å². The van der Waals surface area contributed by atoms with E-state index in [9.17, 15) is 4.79 Å². The van der Waals surface area contributed by atoms with Crippen molar-refractivity contribution in [2.24, 2.45) is 0 Å².